The molecule has 184 valence electrons. The third kappa shape index (κ3) is 5.59. The van der Waals surface area contributed by atoms with Crippen LogP contribution >= 0.6 is 11.3 Å². The molecule has 0 radical (unpaired) electrons. The third-order valence-corrected chi connectivity index (χ3v) is 7.46. The smallest absolute Gasteiger partial charge is 0.341 e. The fourth-order valence-electron chi connectivity index (χ4n) is 4.43. The van der Waals surface area contributed by atoms with Gasteiger partial charge in [-0.15, -0.1) is 11.3 Å². The Kier molecular flexibility index (Phi) is 8.68. The number of carbonyl (C=O) groups is 3. The second kappa shape index (κ2) is 11.5. The number of hydrogen-bond donors (Lipinski definition) is 3. The Balaban J connectivity index is 1.79. The maximum absolute atomic E-state index is 13.0. The molecule has 3 N–H and O–H groups in total. The number of ether oxygens (including phenoxy) is 2. The highest BCUT2D eigenvalue weighted by atomic mass is 32.1. The van der Waals surface area contributed by atoms with E-state index >= 15 is 0 Å². The van der Waals surface area contributed by atoms with Crippen molar-refractivity contribution in [1.29, 1.82) is 0 Å². The number of nitrogens with one attached hydrogen (secondary N) is 3. The van der Waals surface area contributed by atoms with Gasteiger partial charge in [-0.25, -0.2) is 4.79 Å². The molecule has 0 atom stereocenters. The Morgan fingerprint density at radius 2 is 1.76 bits per heavy atom. The molecule has 1 fully saturated rings. The maximum atomic E-state index is 13.0. The van der Waals surface area contributed by atoms with Crippen molar-refractivity contribution >= 4 is 34.1 Å². The van der Waals surface area contributed by atoms with E-state index in [1.54, 1.807) is 21.0 Å². The van der Waals surface area contributed by atoms with E-state index in [4.69, 9.17) is 9.47 Å². The number of rotatable bonds is 9. The fraction of sp³-hybridized carbons (Fsp3) is 0.480. The molecule has 0 bridgehead atoms. The van der Waals surface area contributed by atoms with Crippen LogP contribution in [0.5, 0.6) is 5.75 Å². The fourth-order valence-corrected chi connectivity index (χ4v) is 5.59. The Hall–Kier alpha value is -2.91. The van der Waals surface area contributed by atoms with Gasteiger partial charge in [-0.3, -0.25) is 14.9 Å². The molecule has 1 aliphatic rings. The number of benzene rings is 1. The van der Waals surface area contributed by atoms with Crippen LogP contribution in [0.2, 0.25) is 0 Å². The molecule has 0 unspecified atom stereocenters. The molecular formula is C25H33N3O5S. The molecule has 1 aliphatic carbocycles. The number of hydrogen-bond acceptors (Lipinski definition) is 7. The van der Waals surface area contributed by atoms with Crippen molar-refractivity contribution in [3.63, 3.8) is 0 Å². The molecule has 1 saturated carbocycles. The minimum Gasteiger partial charge on any atom is -0.497 e. The van der Waals surface area contributed by atoms with Gasteiger partial charge >= 0.3 is 5.97 Å². The van der Waals surface area contributed by atoms with Crippen LogP contribution in [0.4, 0.5) is 5.00 Å². The van der Waals surface area contributed by atoms with Crippen molar-refractivity contribution in [3.8, 4) is 5.75 Å². The third-order valence-electron chi connectivity index (χ3n) is 6.25. The van der Waals surface area contributed by atoms with Crippen LogP contribution in [0.25, 0.3) is 0 Å². The summed E-state index contributed by atoms with van der Waals surface area (Å²) in [6, 6.07) is 7.97. The monoisotopic (exact) mass is 487 g/mol. The van der Waals surface area contributed by atoms with Crippen LogP contribution in [0.15, 0.2) is 24.3 Å². The van der Waals surface area contributed by atoms with Gasteiger partial charge in [0, 0.05) is 12.6 Å². The molecule has 3 rings (SSSR count). The van der Waals surface area contributed by atoms with Crippen molar-refractivity contribution in [2.75, 3.05) is 32.6 Å². The number of methoxy groups -OCH3 is 1. The average Bonchev–Trinajstić information content (AvgIpc) is 3.18. The summed E-state index contributed by atoms with van der Waals surface area (Å²) in [4.78, 5) is 38.2. The topological polar surface area (TPSA) is 106 Å². The van der Waals surface area contributed by atoms with Gasteiger partial charge in [0.05, 0.1) is 30.7 Å². The molecule has 0 aliphatic heterocycles. The van der Waals surface area contributed by atoms with E-state index < -0.39 is 5.97 Å². The number of esters is 1. The molecule has 1 aromatic carbocycles. The highest BCUT2D eigenvalue weighted by Crippen LogP contribution is 2.38. The van der Waals surface area contributed by atoms with E-state index in [1.165, 1.54) is 13.5 Å². The average molecular weight is 488 g/mol. The van der Waals surface area contributed by atoms with E-state index in [9.17, 15) is 14.4 Å². The van der Waals surface area contributed by atoms with Crippen LogP contribution in [0, 0.1) is 6.92 Å². The molecule has 9 heteroatoms. The van der Waals surface area contributed by atoms with Gasteiger partial charge in [0.1, 0.15) is 10.8 Å². The number of amides is 2. The Morgan fingerprint density at radius 1 is 1.09 bits per heavy atom. The Bertz CT molecular complexity index is 1030. The lowest BCUT2D eigenvalue weighted by molar-refractivity contribution is -0.115. The van der Waals surface area contributed by atoms with Crippen LogP contribution < -0.4 is 20.7 Å². The molecule has 1 heterocycles. The van der Waals surface area contributed by atoms with Gasteiger partial charge in [0.15, 0.2) is 0 Å². The van der Waals surface area contributed by atoms with Crippen LogP contribution in [0.3, 0.4) is 0 Å². The van der Waals surface area contributed by atoms with Gasteiger partial charge in [-0.2, -0.15) is 0 Å². The summed E-state index contributed by atoms with van der Waals surface area (Å²) in [5.74, 6) is -0.364. The van der Waals surface area contributed by atoms with Crippen molar-refractivity contribution in [3.05, 3.63) is 45.8 Å². The summed E-state index contributed by atoms with van der Waals surface area (Å²) < 4.78 is 10.5. The van der Waals surface area contributed by atoms with E-state index in [1.807, 2.05) is 24.3 Å². The van der Waals surface area contributed by atoms with Gasteiger partial charge in [-0.05, 0) is 49.9 Å². The molecule has 0 saturated heterocycles. The molecule has 2 aromatic rings. The second-order valence-electron chi connectivity index (χ2n) is 8.33. The van der Waals surface area contributed by atoms with Gasteiger partial charge in [-0.1, -0.05) is 31.4 Å². The standard InChI is InChI=1S/C25H33N3O5S/c1-5-33-24(31)20-16(2)21(22(30)26-3)34-23(20)28-19(29)15-27-25(13-7-6-8-14-25)17-9-11-18(32-4)12-10-17/h9-12,27H,5-8,13-15H2,1-4H3,(H,26,30)(H,28,29). The first kappa shape index (κ1) is 25.7. The summed E-state index contributed by atoms with van der Waals surface area (Å²) in [6.07, 6.45) is 5.19. The first-order valence-electron chi connectivity index (χ1n) is 11.6. The first-order chi connectivity index (χ1) is 16.3. The van der Waals surface area contributed by atoms with Crippen molar-refractivity contribution in [2.45, 2.75) is 51.5 Å². The predicted molar refractivity (Wildman–Crippen MR) is 133 cm³/mol. The zero-order chi connectivity index (χ0) is 24.7. The van der Waals surface area contributed by atoms with E-state index in [0.29, 0.717) is 15.4 Å². The van der Waals surface area contributed by atoms with E-state index in [-0.39, 0.29) is 36.1 Å². The molecule has 0 spiro atoms. The van der Waals surface area contributed by atoms with E-state index in [0.717, 1.165) is 48.3 Å². The Morgan fingerprint density at radius 3 is 2.35 bits per heavy atom. The highest BCUT2D eigenvalue weighted by molar-refractivity contribution is 7.18. The van der Waals surface area contributed by atoms with Gasteiger partial charge < -0.3 is 20.1 Å². The van der Waals surface area contributed by atoms with E-state index in [2.05, 4.69) is 16.0 Å². The summed E-state index contributed by atoms with van der Waals surface area (Å²) in [6.45, 7) is 3.66. The van der Waals surface area contributed by atoms with Crippen LogP contribution in [-0.4, -0.2) is 45.1 Å². The van der Waals surface area contributed by atoms with Crippen LogP contribution in [-0.2, 0) is 15.1 Å². The van der Waals surface area contributed by atoms with Crippen LogP contribution in [0.1, 0.15) is 70.2 Å². The quantitative estimate of drug-likeness (QED) is 0.462. The zero-order valence-electron chi connectivity index (χ0n) is 20.2. The minimum absolute atomic E-state index is 0.0700. The predicted octanol–water partition coefficient (Wildman–Crippen LogP) is 3.99. The molecule has 2 amide bonds. The number of carbonyl (C=O) groups excluding carboxylic acids is 3. The lowest BCUT2D eigenvalue weighted by Crippen LogP contribution is -2.47. The molecular weight excluding hydrogens is 454 g/mol. The molecule has 8 nitrogen and oxygen atoms in total. The molecule has 1 aromatic heterocycles. The largest absolute Gasteiger partial charge is 0.497 e. The number of thiophene rings is 1. The van der Waals surface area contributed by atoms with Gasteiger partial charge in [0.25, 0.3) is 5.91 Å². The molecule has 34 heavy (non-hydrogen) atoms. The zero-order valence-corrected chi connectivity index (χ0v) is 21.0. The second-order valence-corrected chi connectivity index (χ2v) is 9.35. The lowest BCUT2D eigenvalue weighted by Gasteiger charge is -2.39. The minimum atomic E-state index is -0.559. The van der Waals surface area contributed by atoms with Gasteiger partial charge in [0.2, 0.25) is 5.91 Å². The summed E-state index contributed by atoms with van der Waals surface area (Å²) in [5.41, 5.74) is 1.54. The van der Waals surface area contributed by atoms with Crippen molar-refractivity contribution < 1.29 is 23.9 Å². The summed E-state index contributed by atoms with van der Waals surface area (Å²) >= 11 is 1.08. The SMILES string of the molecule is CCOC(=O)c1c(NC(=O)CNC2(c3ccc(OC)cc3)CCCCC2)sc(C(=O)NC)c1C. The first-order valence-corrected chi connectivity index (χ1v) is 12.4. The van der Waals surface area contributed by atoms with Crippen molar-refractivity contribution in [1.82, 2.24) is 10.6 Å². The normalized spacial score (nSPS) is 14.8. The maximum Gasteiger partial charge on any atom is 0.341 e. The summed E-state index contributed by atoms with van der Waals surface area (Å²) in [5, 5.41) is 9.22. The highest BCUT2D eigenvalue weighted by Gasteiger charge is 2.34. The number of anilines is 1. The summed E-state index contributed by atoms with van der Waals surface area (Å²) in [7, 11) is 3.16. The Labute approximate surface area is 204 Å². The lowest BCUT2D eigenvalue weighted by atomic mass is 9.76. The van der Waals surface area contributed by atoms with Crippen molar-refractivity contribution in [2.24, 2.45) is 0 Å².